The molecule has 3 nitrogen and oxygen atoms in total. The standard InChI is InChI=1S/C16H36N2O/c1-7-16(13-19,17-8-2)10-9-11-18(6)15(5)12-14(3)4/h14-15,17,19H,7-13H2,1-6H3. The fraction of sp³-hybridized carbons (Fsp3) is 1.00. The van der Waals surface area contributed by atoms with Gasteiger partial charge in [-0.15, -0.1) is 0 Å². The van der Waals surface area contributed by atoms with Gasteiger partial charge in [0.05, 0.1) is 6.61 Å². The van der Waals surface area contributed by atoms with E-state index >= 15 is 0 Å². The molecule has 0 spiro atoms. The van der Waals surface area contributed by atoms with Crippen molar-refractivity contribution in [3.05, 3.63) is 0 Å². The summed E-state index contributed by atoms with van der Waals surface area (Å²) in [6, 6.07) is 0.643. The minimum Gasteiger partial charge on any atom is -0.394 e. The second-order valence-corrected chi connectivity index (χ2v) is 6.39. The van der Waals surface area contributed by atoms with Gasteiger partial charge in [-0.25, -0.2) is 0 Å². The quantitative estimate of drug-likeness (QED) is 0.607. The predicted molar refractivity (Wildman–Crippen MR) is 84.6 cm³/mol. The first-order valence-corrected chi connectivity index (χ1v) is 7.96. The maximum atomic E-state index is 9.62. The second kappa shape index (κ2) is 9.73. The second-order valence-electron chi connectivity index (χ2n) is 6.39. The number of hydrogen-bond donors (Lipinski definition) is 2. The van der Waals surface area contributed by atoms with E-state index in [2.05, 4.69) is 51.9 Å². The van der Waals surface area contributed by atoms with Crippen molar-refractivity contribution >= 4 is 0 Å². The van der Waals surface area contributed by atoms with Crippen LogP contribution in [-0.4, -0.2) is 48.3 Å². The Bertz CT molecular complexity index is 215. The minimum absolute atomic E-state index is 0.0725. The number of hydrogen-bond acceptors (Lipinski definition) is 3. The molecule has 0 amide bonds. The smallest absolute Gasteiger partial charge is 0.0613 e. The fourth-order valence-corrected chi connectivity index (χ4v) is 2.76. The van der Waals surface area contributed by atoms with Crippen molar-refractivity contribution < 1.29 is 5.11 Å². The topological polar surface area (TPSA) is 35.5 Å². The van der Waals surface area contributed by atoms with E-state index in [1.165, 1.54) is 6.42 Å². The molecule has 0 heterocycles. The van der Waals surface area contributed by atoms with Gasteiger partial charge in [-0.05, 0) is 58.7 Å². The van der Waals surface area contributed by atoms with E-state index in [1.54, 1.807) is 0 Å². The van der Waals surface area contributed by atoms with Crippen LogP contribution in [0.2, 0.25) is 0 Å². The monoisotopic (exact) mass is 272 g/mol. The molecule has 0 radical (unpaired) electrons. The molecule has 3 heteroatoms. The lowest BCUT2D eigenvalue weighted by molar-refractivity contribution is 0.137. The van der Waals surface area contributed by atoms with Crippen LogP contribution in [0.15, 0.2) is 0 Å². The van der Waals surface area contributed by atoms with Crippen molar-refractivity contribution in [1.82, 2.24) is 10.2 Å². The van der Waals surface area contributed by atoms with Gasteiger partial charge in [-0.1, -0.05) is 27.7 Å². The molecule has 0 aliphatic carbocycles. The molecule has 19 heavy (non-hydrogen) atoms. The van der Waals surface area contributed by atoms with Gasteiger partial charge in [-0.2, -0.15) is 0 Å². The van der Waals surface area contributed by atoms with E-state index in [9.17, 15) is 5.11 Å². The fourth-order valence-electron chi connectivity index (χ4n) is 2.76. The summed E-state index contributed by atoms with van der Waals surface area (Å²) in [6.07, 6.45) is 4.43. The lowest BCUT2D eigenvalue weighted by Gasteiger charge is -2.33. The third kappa shape index (κ3) is 7.28. The van der Waals surface area contributed by atoms with Gasteiger partial charge in [0.25, 0.3) is 0 Å². The summed E-state index contributed by atoms with van der Waals surface area (Å²) >= 11 is 0. The van der Waals surface area contributed by atoms with Crippen molar-refractivity contribution in [2.24, 2.45) is 5.92 Å². The molecule has 0 aromatic rings. The number of aliphatic hydroxyl groups is 1. The van der Waals surface area contributed by atoms with Crippen LogP contribution in [0.4, 0.5) is 0 Å². The molecule has 0 bridgehead atoms. The molecule has 0 aliphatic rings. The van der Waals surface area contributed by atoms with Gasteiger partial charge in [0.1, 0.15) is 0 Å². The Morgan fingerprint density at radius 1 is 1.21 bits per heavy atom. The lowest BCUT2D eigenvalue weighted by Crippen LogP contribution is -2.48. The summed E-state index contributed by atoms with van der Waals surface area (Å²) < 4.78 is 0. The summed E-state index contributed by atoms with van der Waals surface area (Å²) in [6.45, 7) is 13.4. The highest BCUT2D eigenvalue weighted by molar-refractivity contribution is 4.86. The molecule has 2 atom stereocenters. The summed E-state index contributed by atoms with van der Waals surface area (Å²) in [7, 11) is 2.22. The average Bonchev–Trinajstić information content (AvgIpc) is 2.36. The molecule has 0 aromatic heterocycles. The summed E-state index contributed by atoms with van der Waals surface area (Å²) in [4.78, 5) is 2.45. The van der Waals surface area contributed by atoms with Gasteiger partial charge in [-0.3, -0.25) is 0 Å². The van der Waals surface area contributed by atoms with Crippen LogP contribution in [0.5, 0.6) is 0 Å². The van der Waals surface area contributed by atoms with E-state index in [0.717, 1.165) is 38.3 Å². The SMILES string of the molecule is CCNC(CC)(CO)CCCN(C)C(C)CC(C)C. The number of likely N-dealkylation sites (N-methyl/N-ethyl adjacent to an activating group) is 1. The van der Waals surface area contributed by atoms with Crippen LogP contribution in [0.25, 0.3) is 0 Å². The average molecular weight is 272 g/mol. The Hall–Kier alpha value is -0.120. The van der Waals surface area contributed by atoms with Gasteiger partial charge < -0.3 is 15.3 Å². The highest BCUT2D eigenvalue weighted by Crippen LogP contribution is 2.18. The Kier molecular flexibility index (Phi) is 9.67. The zero-order valence-corrected chi connectivity index (χ0v) is 14.0. The zero-order chi connectivity index (χ0) is 14.9. The van der Waals surface area contributed by atoms with Crippen molar-refractivity contribution in [2.45, 2.75) is 71.9 Å². The van der Waals surface area contributed by atoms with E-state index in [0.29, 0.717) is 6.04 Å². The molecule has 0 saturated carbocycles. The molecule has 0 saturated heterocycles. The maximum Gasteiger partial charge on any atom is 0.0613 e. The molecule has 116 valence electrons. The van der Waals surface area contributed by atoms with E-state index in [4.69, 9.17) is 0 Å². The first-order valence-electron chi connectivity index (χ1n) is 7.96. The highest BCUT2D eigenvalue weighted by Gasteiger charge is 2.25. The zero-order valence-electron chi connectivity index (χ0n) is 14.0. The largest absolute Gasteiger partial charge is 0.394 e. The summed E-state index contributed by atoms with van der Waals surface area (Å²) in [5.41, 5.74) is -0.0725. The molecule has 0 fully saturated rings. The number of nitrogens with zero attached hydrogens (tertiary/aromatic N) is 1. The third-order valence-electron chi connectivity index (χ3n) is 4.26. The molecule has 2 unspecified atom stereocenters. The van der Waals surface area contributed by atoms with Crippen molar-refractivity contribution in [3.8, 4) is 0 Å². The molecule has 2 N–H and O–H groups in total. The first kappa shape index (κ1) is 18.9. The minimum atomic E-state index is -0.0725. The van der Waals surface area contributed by atoms with Crippen LogP contribution in [-0.2, 0) is 0 Å². The molecule has 0 rings (SSSR count). The highest BCUT2D eigenvalue weighted by atomic mass is 16.3. The normalized spacial score (nSPS) is 16.9. The Morgan fingerprint density at radius 3 is 2.26 bits per heavy atom. The van der Waals surface area contributed by atoms with Crippen LogP contribution in [0.3, 0.4) is 0 Å². The Labute approximate surface area is 120 Å². The van der Waals surface area contributed by atoms with Gasteiger partial charge in [0.15, 0.2) is 0 Å². The van der Waals surface area contributed by atoms with Gasteiger partial charge in [0, 0.05) is 11.6 Å². The predicted octanol–water partition coefficient (Wildman–Crippen LogP) is 2.88. The molecule has 0 aliphatic heterocycles. The Balaban J connectivity index is 4.11. The van der Waals surface area contributed by atoms with Crippen LogP contribution in [0, 0.1) is 5.92 Å². The Morgan fingerprint density at radius 2 is 1.84 bits per heavy atom. The number of nitrogens with one attached hydrogen (secondary N) is 1. The van der Waals surface area contributed by atoms with Crippen LogP contribution in [0.1, 0.15) is 60.3 Å². The van der Waals surface area contributed by atoms with E-state index in [1.807, 2.05) is 0 Å². The van der Waals surface area contributed by atoms with Gasteiger partial charge >= 0.3 is 0 Å². The molecular formula is C16H36N2O. The van der Waals surface area contributed by atoms with Crippen molar-refractivity contribution in [3.63, 3.8) is 0 Å². The van der Waals surface area contributed by atoms with E-state index in [-0.39, 0.29) is 12.1 Å². The van der Waals surface area contributed by atoms with Crippen molar-refractivity contribution in [1.29, 1.82) is 0 Å². The molecule has 0 aromatic carbocycles. The molecular weight excluding hydrogens is 236 g/mol. The van der Waals surface area contributed by atoms with Crippen molar-refractivity contribution in [2.75, 3.05) is 26.7 Å². The third-order valence-corrected chi connectivity index (χ3v) is 4.26. The van der Waals surface area contributed by atoms with Crippen LogP contribution >= 0.6 is 0 Å². The number of rotatable bonds is 11. The first-order chi connectivity index (χ1) is 8.90. The lowest BCUT2D eigenvalue weighted by atomic mass is 9.91. The summed E-state index contributed by atoms with van der Waals surface area (Å²) in [5.74, 6) is 0.756. The van der Waals surface area contributed by atoms with Crippen LogP contribution < -0.4 is 5.32 Å². The maximum absolute atomic E-state index is 9.62. The number of aliphatic hydroxyl groups excluding tert-OH is 1. The summed E-state index contributed by atoms with van der Waals surface area (Å²) in [5, 5.41) is 13.1. The van der Waals surface area contributed by atoms with Gasteiger partial charge in [0.2, 0.25) is 0 Å². The van der Waals surface area contributed by atoms with E-state index < -0.39 is 0 Å².